The molecule has 0 fully saturated rings. The Balaban J connectivity index is 1.34. The lowest BCUT2D eigenvalue weighted by Crippen LogP contribution is -2.30. The third kappa shape index (κ3) is 7.09. The van der Waals surface area contributed by atoms with Crippen LogP contribution in [0.25, 0.3) is 16.9 Å². The molecule has 0 aliphatic carbocycles. The zero-order chi connectivity index (χ0) is 28.9. The van der Waals surface area contributed by atoms with Crippen molar-refractivity contribution in [1.82, 2.24) is 14.7 Å². The average Bonchev–Trinajstić information content (AvgIpc) is 3.25. The molecule has 2 amide bonds. The van der Waals surface area contributed by atoms with E-state index in [0.717, 1.165) is 34.9 Å². The van der Waals surface area contributed by atoms with Crippen LogP contribution in [-0.4, -0.2) is 41.7 Å². The molecule has 3 N–H and O–H groups in total. The van der Waals surface area contributed by atoms with Crippen LogP contribution in [0.2, 0.25) is 5.02 Å². The highest BCUT2D eigenvalue weighted by molar-refractivity contribution is 6.30. The van der Waals surface area contributed by atoms with Crippen LogP contribution in [0.4, 0.5) is 29.5 Å². The highest BCUT2D eigenvalue weighted by atomic mass is 35.5. The molecule has 0 saturated carbocycles. The summed E-state index contributed by atoms with van der Waals surface area (Å²) in [5, 5.41) is 9.18. The molecule has 0 radical (unpaired) electrons. The second-order valence-corrected chi connectivity index (χ2v) is 9.64. The molecule has 0 aliphatic rings. The average molecular weight is 576 g/mol. The SMILES string of the molecule is COc1cc(-c2nc3ccc(Cl)cn3c2NC(C)C)ccc1OCCCNC(=O)Nc1ccc(C(F)(F)F)cc1. The van der Waals surface area contributed by atoms with Gasteiger partial charge in [-0.3, -0.25) is 4.40 Å². The van der Waals surface area contributed by atoms with E-state index in [2.05, 4.69) is 16.0 Å². The number of urea groups is 1. The number of hydrogen-bond acceptors (Lipinski definition) is 5. The van der Waals surface area contributed by atoms with Crippen molar-refractivity contribution < 1.29 is 27.4 Å². The van der Waals surface area contributed by atoms with Gasteiger partial charge in [-0.05, 0) is 74.9 Å². The zero-order valence-corrected chi connectivity index (χ0v) is 22.9. The van der Waals surface area contributed by atoms with E-state index in [1.54, 1.807) is 19.2 Å². The van der Waals surface area contributed by atoms with Crippen LogP contribution in [0.3, 0.4) is 0 Å². The number of alkyl halides is 3. The maximum Gasteiger partial charge on any atom is 0.416 e. The second kappa shape index (κ2) is 12.4. The van der Waals surface area contributed by atoms with Gasteiger partial charge >= 0.3 is 12.2 Å². The van der Waals surface area contributed by atoms with Crippen molar-refractivity contribution in [2.75, 3.05) is 30.9 Å². The number of carbonyl (C=O) groups is 1. The Morgan fingerprint density at radius 3 is 2.50 bits per heavy atom. The van der Waals surface area contributed by atoms with Gasteiger partial charge in [0.05, 0.1) is 24.3 Å². The Morgan fingerprint density at radius 2 is 1.82 bits per heavy atom. The van der Waals surface area contributed by atoms with Gasteiger partial charge in [0.15, 0.2) is 11.5 Å². The number of anilines is 2. The van der Waals surface area contributed by atoms with E-state index in [0.29, 0.717) is 36.1 Å². The fourth-order valence-electron chi connectivity index (χ4n) is 3.94. The third-order valence-electron chi connectivity index (χ3n) is 5.78. The Bertz CT molecular complexity index is 1470. The normalized spacial score (nSPS) is 11.5. The predicted molar refractivity (Wildman–Crippen MR) is 150 cm³/mol. The number of ether oxygens (including phenoxy) is 2. The smallest absolute Gasteiger partial charge is 0.416 e. The highest BCUT2D eigenvalue weighted by Gasteiger charge is 2.30. The maximum atomic E-state index is 12.7. The fourth-order valence-corrected chi connectivity index (χ4v) is 4.10. The summed E-state index contributed by atoms with van der Waals surface area (Å²) in [6, 6.07) is 13.0. The number of nitrogens with one attached hydrogen (secondary N) is 3. The molecule has 2 aromatic carbocycles. The molecule has 0 unspecified atom stereocenters. The lowest BCUT2D eigenvalue weighted by atomic mass is 10.1. The summed E-state index contributed by atoms with van der Waals surface area (Å²) in [4.78, 5) is 16.8. The summed E-state index contributed by atoms with van der Waals surface area (Å²) < 4.78 is 51.4. The van der Waals surface area contributed by atoms with Crippen LogP contribution in [0.1, 0.15) is 25.8 Å². The minimum absolute atomic E-state index is 0.160. The van der Waals surface area contributed by atoms with Crippen molar-refractivity contribution in [3.05, 3.63) is 71.4 Å². The van der Waals surface area contributed by atoms with Gasteiger partial charge in [0.1, 0.15) is 17.2 Å². The summed E-state index contributed by atoms with van der Waals surface area (Å²) in [5.41, 5.74) is 1.79. The number of nitrogens with zero attached hydrogens (tertiary/aromatic N) is 2. The topological polar surface area (TPSA) is 88.9 Å². The predicted octanol–water partition coefficient (Wildman–Crippen LogP) is 7.09. The molecule has 4 aromatic rings. The largest absolute Gasteiger partial charge is 0.493 e. The van der Waals surface area contributed by atoms with Gasteiger partial charge in [0.25, 0.3) is 0 Å². The summed E-state index contributed by atoms with van der Waals surface area (Å²) in [7, 11) is 1.55. The fraction of sp³-hybridized carbons (Fsp3) is 0.286. The zero-order valence-electron chi connectivity index (χ0n) is 22.1. The Morgan fingerprint density at radius 1 is 1.07 bits per heavy atom. The first-order valence-corrected chi connectivity index (χ1v) is 12.9. The molecule has 0 saturated heterocycles. The lowest BCUT2D eigenvalue weighted by Gasteiger charge is -2.14. The molecule has 0 aliphatic heterocycles. The van der Waals surface area contributed by atoms with E-state index in [1.807, 2.05) is 42.6 Å². The molecule has 12 heteroatoms. The standard InChI is InChI=1S/C28H29ClF3N5O3/c1-17(2)34-26-25(36-24-12-8-20(29)16-37(24)26)18-5-11-22(23(15-18)39-3)40-14-4-13-33-27(38)35-21-9-6-19(7-10-21)28(30,31)32/h5-12,15-17,34H,4,13-14H2,1-3H3,(H2,33,35,38). The minimum atomic E-state index is -4.43. The number of hydrogen-bond donors (Lipinski definition) is 3. The monoisotopic (exact) mass is 575 g/mol. The first-order chi connectivity index (χ1) is 19.0. The summed E-state index contributed by atoms with van der Waals surface area (Å²) >= 11 is 6.22. The van der Waals surface area contributed by atoms with Gasteiger partial charge in [-0.1, -0.05) is 11.6 Å². The molecular formula is C28H29ClF3N5O3. The number of carbonyl (C=O) groups excluding carboxylic acids is 1. The number of benzene rings is 2. The number of pyridine rings is 1. The van der Waals surface area contributed by atoms with Gasteiger partial charge in [-0.25, -0.2) is 9.78 Å². The van der Waals surface area contributed by atoms with Crippen LogP contribution < -0.4 is 25.4 Å². The Kier molecular flexibility index (Phi) is 8.93. The van der Waals surface area contributed by atoms with Gasteiger partial charge in [-0.15, -0.1) is 0 Å². The second-order valence-electron chi connectivity index (χ2n) is 9.21. The van der Waals surface area contributed by atoms with Gasteiger partial charge in [-0.2, -0.15) is 13.2 Å². The number of halogens is 4. The number of rotatable bonds is 10. The quantitative estimate of drug-likeness (QED) is 0.176. The number of aromatic nitrogens is 2. The first-order valence-electron chi connectivity index (χ1n) is 12.5. The van der Waals surface area contributed by atoms with Crippen LogP contribution in [0, 0.1) is 0 Å². The van der Waals surface area contributed by atoms with Crippen molar-refractivity contribution >= 4 is 34.8 Å². The van der Waals surface area contributed by atoms with Crippen LogP contribution >= 0.6 is 11.6 Å². The highest BCUT2D eigenvalue weighted by Crippen LogP contribution is 2.36. The molecule has 212 valence electrons. The van der Waals surface area contributed by atoms with Crippen molar-refractivity contribution in [2.45, 2.75) is 32.5 Å². The number of imidazole rings is 1. The maximum absolute atomic E-state index is 12.7. The van der Waals surface area contributed by atoms with E-state index >= 15 is 0 Å². The lowest BCUT2D eigenvalue weighted by molar-refractivity contribution is -0.137. The van der Waals surface area contributed by atoms with Gasteiger partial charge in [0.2, 0.25) is 0 Å². The molecule has 0 spiro atoms. The molecular weight excluding hydrogens is 547 g/mol. The van der Waals surface area contributed by atoms with Crippen LogP contribution in [0.5, 0.6) is 11.5 Å². The molecule has 4 rings (SSSR count). The van der Waals surface area contributed by atoms with E-state index in [4.69, 9.17) is 26.1 Å². The molecule has 2 aromatic heterocycles. The molecule has 40 heavy (non-hydrogen) atoms. The molecule has 0 atom stereocenters. The number of fused-ring (bicyclic) bond motifs is 1. The van der Waals surface area contributed by atoms with Crippen LogP contribution in [-0.2, 0) is 6.18 Å². The first kappa shape index (κ1) is 28.9. The Labute approximate surface area is 234 Å². The minimum Gasteiger partial charge on any atom is -0.493 e. The third-order valence-corrected chi connectivity index (χ3v) is 6.00. The summed E-state index contributed by atoms with van der Waals surface area (Å²) in [5.74, 6) is 1.87. The van der Waals surface area contributed by atoms with Crippen molar-refractivity contribution in [1.29, 1.82) is 0 Å². The summed E-state index contributed by atoms with van der Waals surface area (Å²) in [6.45, 7) is 4.67. The summed E-state index contributed by atoms with van der Waals surface area (Å²) in [6.07, 6.45) is -2.13. The number of methoxy groups -OCH3 is 1. The molecule has 2 heterocycles. The van der Waals surface area contributed by atoms with Gasteiger partial charge < -0.3 is 25.4 Å². The molecule has 0 bridgehead atoms. The van der Waals surface area contributed by atoms with Crippen molar-refractivity contribution in [3.63, 3.8) is 0 Å². The van der Waals surface area contributed by atoms with E-state index in [9.17, 15) is 18.0 Å². The van der Waals surface area contributed by atoms with Gasteiger partial charge in [0, 0.05) is 30.0 Å². The van der Waals surface area contributed by atoms with E-state index in [-0.39, 0.29) is 11.7 Å². The van der Waals surface area contributed by atoms with Crippen molar-refractivity contribution in [3.8, 4) is 22.8 Å². The Hall–Kier alpha value is -4.12. The molecule has 8 nitrogen and oxygen atoms in total. The number of amides is 2. The van der Waals surface area contributed by atoms with Crippen molar-refractivity contribution in [2.24, 2.45) is 0 Å². The van der Waals surface area contributed by atoms with Crippen LogP contribution in [0.15, 0.2) is 60.8 Å². The van der Waals surface area contributed by atoms with E-state index < -0.39 is 17.8 Å². The van der Waals surface area contributed by atoms with E-state index in [1.165, 1.54) is 12.1 Å².